The number of carbonyl (C=O) groups excluding carboxylic acids is 1. The minimum absolute atomic E-state index is 0.396. The number of esters is 1. The summed E-state index contributed by atoms with van der Waals surface area (Å²) in [7, 11) is 2.98. The Kier molecular flexibility index (Phi) is 4.11. The molecule has 0 aliphatic carbocycles. The first kappa shape index (κ1) is 14.6. The first-order valence-corrected chi connectivity index (χ1v) is 7.13. The van der Waals surface area contributed by atoms with Crippen LogP contribution in [0, 0.1) is 0 Å². The highest BCUT2D eigenvalue weighted by atomic mass is 16.5. The molecule has 1 aliphatic heterocycles. The van der Waals surface area contributed by atoms with Crippen molar-refractivity contribution < 1.29 is 19.0 Å². The SMILES string of the molecule is COC(=O)c1c(N2CCOCC2)ncc2c(OC)cccc12. The van der Waals surface area contributed by atoms with Crippen molar-refractivity contribution in [1.29, 1.82) is 0 Å². The molecule has 6 nitrogen and oxygen atoms in total. The van der Waals surface area contributed by atoms with Gasteiger partial charge in [-0.1, -0.05) is 12.1 Å². The summed E-state index contributed by atoms with van der Waals surface area (Å²) in [5.74, 6) is 0.924. The Labute approximate surface area is 128 Å². The van der Waals surface area contributed by atoms with E-state index in [2.05, 4.69) is 9.88 Å². The number of carbonyl (C=O) groups is 1. The van der Waals surface area contributed by atoms with Crippen LogP contribution in [0.4, 0.5) is 5.82 Å². The maximum absolute atomic E-state index is 12.3. The molecule has 22 heavy (non-hydrogen) atoms. The number of nitrogens with zero attached hydrogens (tertiary/aromatic N) is 2. The number of benzene rings is 1. The fourth-order valence-corrected chi connectivity index (χ4v) is 2.70. The summed E-state index contributed by atoms with van der Waals surface area (Å²) in [5, 5.41) is 1.57. The molecule has 0 spiro atoms. The van der Waals surface area contributed by atoms with E-state index in [0.29, 0.717) is 43.4 Å². The summed E-state index contributed by atoms with van der Waals surface area (Å²) in [4.78, 5) is 18.9. The van der Waals surface area contributed by atoms with Gasteiger partial charge in [0.1, 0.15) is 17.1 Å². The van der Waals surface area contributed by atoms with E-state index >= 15 is 0 Å². The second-order valence-electron chi connectivity index (χ2n) is 4.97. The Morgan fingerprint density at radius 1 is 1.23 bits per heavy atom. The van der Waals surface area contributed by atoms with E-state index in [0.717, 1.165) is 10.8 Å². The molecule has 1 aliphatic rings. The lowest BCUT2D eigenvalue weighted by Crippen LogP contribution is -2.37. The van der Waals surface area contributed by atoms with Gasteiger partial charge in [-0.3, -0.25) is 0 Å². The standard InChI is InChI=1S/C16H18N2O4/c1-20-13-5-3-4-11-12(13)10-17-15(14(11)16(19)21-2)18-6-8-22-9-7-18/h3-5,10H,6-9H2,1-2H3. The summed E-state index contributed by atoms with van der Waals surface area (Å²) < 4.78 is 15.7. The van der Waals surface area contributed by atoms with Gasteiger partial charge < -0.3 is 19.1 Å². The third-order valence-electron chi connectivity index (χ3n) is 3.80. The maximum Gasteiger partial charge on any atom is 0.342 e. The molecule has 2 heterocycles. The average Bonchev–Trinajstić information content (AvgIpc) is 2.60. The van der Waals surface area contributed by atoms with Gasteiger partial charge in [0.15, 0.2) is 0 Å². The lowest BCUT2D eigenvalue weighted by molar-refractivity contribution is 0.0602. The molecule has 1 aromatic carbocycles. The van der Waals surface area contributed by atoms with E-state index in [1.807, 2.05) is 18.2 Å². The molecule has 2 aromatic rings. The number of anilines is 1. The topological polar surface area (TPSA) is 60.9 Å². The van der Waals surface area contributed by atoms with E-state index < -0.39 is 5.97 Å². The number of methoxy groups -OCH3 is 2. The smallest absolute Gasteiger partial charge is 0.342 e. The Morgan fingerprint density at radius 3 is 2.68 bits per heavy atom. The number of fused-ring (bicyclic) bond motifs is 1. The Hall–Kier alpha value is -2.34. The number of pyridine rings is 1. The first-order chi connectivity index (χ1) is 10.8. The van der Waals surface area contributed by atoms with E-state index in [1.165, 1.54) is 7.11 Å². The molecule has 0 bridgehead atoms. The normalized spacial score (nSPS) is 14.9. The van der Waals surface area contributed by atoms with Crippen molar-refractivity contribution in [1.82, 2.24) is 4.98 Å². The second-order valence-corrected chi connectivity index (χ2v) is 4.97. The van der Waals surface area contributed by atoms with E-state index in [1.54, 1.807) is 13.3 Å². The Bertz CT molecular complexity index is 696. The van der Waals surface area contributed by atoms with Gasteiger partial charge in [-0.05, 0) is 6.07 Å². The third kappa shape index (κ3) is 2.46. The fourth-order valence-electron chi connectivity index (χ4n) is 2.70. The second kappa shape index (κ2) is 6.19. The lowest BCUT2D eigenvalue weighted by atomic mass is 10.1. The third-order valence-corrected chi connectivity index (χ3v) is 3.80. The summed E-state index contributed by atoms with van der Waals surface area (Å²) in [6.45, 7) is 2.65. The van der Waals surface area contributed by atoms with Crippen LogP contribution in [0.2, 0.25) is 0 Å². The summed E-state index contributed by atoms with van der Waals surface area (Å²) in [6, 6.07) is 5.59. The minimum Gasteiger partial charge on any atom is -0.496 e. The van der Waals surface area contributed by atoms with Gasteiger partial charge in [0.05, 0.1) is 27.4 Å². The molecule has 0 atom stereocenters. The number of hydrogen-bond acceptors (Lipinski definition) is 6. The van der Waals surface area contributed by atoms with Gasteiger partial charge in [-0.2, -0.15) is 0 Å². The quantitative estimate of drug-likeness (QED) is 0.807. The first-order valence-electron chi connectivity index (χ1n) is 7.13. The Morgan fingerprint density at radius 2 is 2.00 bits per heavy atom. The number of morpholine rings is 1. The van der Waals surface area contributed by atoms with Crippen LogP contribution >= 0.6 is 0 Å². The van der Waals surface area contributed by atoms with Crippen molar-refractivity contribution >= 4 is 22.6 Å². The molecule has 3 rings (SSSR count). The van der Waals surface area contributed by atoms with Crippen LogP contribution < -0.4 is 9.64 Å². The number of ether oxygens (including phenoxy) is 3. The molecular formula is C16H18N2O4. The average molecular weight is 302 g/mol. The van der Waals surface area contributed by atoms with E-state index in [4.69, 9.17) is 14.2 Å². The lowest BCUT2D eigenvalue weighted by Gasteiger charge is -2.29. The molecule has 0 saturated carbocycles. The van der Waals surface area contributed by atoms with Gasteiger partial charge in [-0.25, -0.2) is 9.78 Å². The molecule has 1 saturated heterocycles. The maximum atomic E-state index is 12.3. The van der Waals surface area contributed by atoms with Crippen LogP contribution in [-0.2, 0) is 9.47 Å². The molecule has 6 heteroatoms. The predicted octanol–water partition coefficient (Wildman–Crippen LogP) is 1.87. The van der Waals surface area contributed by atoms with Crippen molar-refractivity contribution in [2.24, 2.45) is 0 Å². The van der Waals surface area contributed by atoms with Crippen molar-refractivity contribution in [2.45, 2.75) is 0 Å². The highest BCUT2D eigenvalue weighted by Crippen LogP contribution is 2.32. The summed E-state index contributed by atoms with van der Waals surface area (Å²) in [5.41, 5.74) is 0.473. The van der Waals surface area contributed by atoms with Gasteiger partial charge in [-0.15, -0.1) is 0 Å². The molecular weight excluding hydrogens is 284 g/mol. The molecule has 0 amide bonds. The highest BCUT2D eigenvalue weighted by molar-refractivity contribution is 6.09. The molecule has 0 unspecified atom stereocenters. The monoisotopic (exact) mass is 302 g/mol. The fraction of sp³-hybridized carbons (Fsp3) is 0.375. The Balaban J connectivity index is 2.21. The van der Waals surface area contributed by atoms with Crippen LogP contribution in [0.5, 0.6) is 5.75 Å². The van der Waals surface area contributed by atoms with Crippen LogP contribution in [-0.4, -0.2) is 51.5 Å². The van der Waals surface area contributed by atoms with Gasteiger partial charge in [0.25, 0.3) is 0 Å². The van der Waals surface area contributed by atoms with Gasteiger partial charge in [0.2, 0.25) is 0 Å². The highest BCUT2D eigenvalue weighted by Gasteiger charge is 2.24. The zero-order valence-corrected chi connectivity index (χ0v) is 12.7. The summed E-state index contributed by atoms with van der Waals surface area (Å²) >= 11 is 0. The van der Waals surface area contributed by atoms with Crippen LogP contribution in [0.1, 0.15) is 10.4 Å². The van der Waals surface area contributed by atoms with E-state index in [-0.39, 0.29) is 0 Å². The van der Waals surface area contributed by atoms with E-state index in [9.17, 15) is 4.79 Å². The van der Waals surface area contributed by atoms with Crippen molar-refractivity contribution in [3.05, 3.63) is 30.0 Å². The largest absolute Gasteiger partial charge is 0.496 e. The number of hydrogen-bond donors (Lipinski definition) is 0. The zero-order valence-electron chi connectivity index (χ0n) is 12.7. The van der Waals surface area contributed by atoms with Gasteiger partial charge >= 0.3 is 5.97 Å². The van der Waals surface area contributed by atoms with Gasteiger partial charge in [0, 0.05) is 30.1 Å². The molecule has 1 fully saturated rings. The number of rotatable bonds is 3. The molecule has 0 radical (unpaired) electrons. The van der Waals surface area contributed by atoms with Crippen molar-refractivity contribution in [3.8, 4) is 5.75 Å². The van der Waals surface area contributed by atoms with Crippen molar-refractivity contribution in [2.75, 3.05) is 45.4 Å². The molecule has 0 N–H and O–H groups in total. The van der Waals surface area contributed by atoms with Crippen LogP contribution in [0.25, 0.3) is 10.8 Å². The minimum atomic E-state index is -0.396. The molecule has 116 valence electrons. The zero-order chi connectivity index (χ0) is 15.5. The number of aromatic nitrogens is 1. The summed E-state index contributed by atoms with van der Waals surface area (Å²) in [6.07, 6.45) is 1.74. The van der Waals surface area contributed by atoms with Crippen LogP contribution in [0.3, 0.4) is 0 Å². The van der Waals surface area contributed by atoms with Crippen LogP contribution in [0.15, 0.2) is 24.4 Å². The predicted molar refractivity (Wildman–Crippen MR) is 82.7 cm³/mol. The van der Waals surface area contributed by atoms with Crippen molar-refractivity contribution in [3.63, 3.8) is 0 Å². The molecule has 1 aromatic heterocycles.